The minimum Gasteiger partial charge on any atom is -0.337 e. The van der Waals surface area contributed by atoms with Gasteiger partial charge in [-0.2, -0.15) is 0 Å². The molecule has 0 atom stereocenters. The third kappa shape index (κ3) is 2.22. The Labute approximate surface area is 133 Å². The lowest BCUT2D eigenvalue weighted by atomic mass is 9.91. The third-order valence-corrected chi connectivity index (χ3v) is 3.95. The highest BCUT2D eigenvalue weighted by Crippen LogP contribution is 2.32. The summed E-state index contributed by atoms with van der Waals surface area (Å²) < 4.78 is 0. The summed E-state index contributed by atoms with van der Waals surface area (Å²) >= 11 is 6.23. The number of Topliss-reactive ketones (excluding diaryl/α,β-unsaturated/α-hetero) is 2. The summed E-state index contributed by atoms with van der Waals surface area (Å²) in [5.41, 5.74) is 1.73. The number of aromatic nitrogens is 1. The van der Waals surface area contributed by atoms with Gasteiger partial charge in [-0.3, -0.25) is 14.6 Å². The van der Waals surface area contributed by atoms with Crippen molar-refractivity contribution >= 4 is 28.9 Å². The Hall–Kier alpha value is -2.46. The molecule has 110 valence electrons. The van der Waals surface area contributed by atoms with Crippen molar-refractivity contribution in [2.75, 3.05) is 11.4 Å². The van der Waals surface area contributed by atoms with E-state index in [2.05, 4.69) is 4.98 Å². The monoisotopic (exact) mass is 312 g/mol. The number of likely N-dealkylation sites (N-methyl/N-ethyl adjacent to an activating group) is 1. The molecule has 1 heterocycles. The predicted octanol–water partition coefficient (Wildman–Crippen LogP) is 3.44. The van der Waals surface area contributed by atoms with E-state index in [1.165, 1.54) is 0 Å². The van der Waals surface area contributed by atoms with E-state index in [-0.39, 0.29) is 22.3 Å². The van der Waals surface area contributed by atoms with Crippen LogP contribution in [0.1, 0.15) is 27.6 Å². The molecule has 0 bridgehead atoms. The zero-order chi connectivity index (χ0) is 15.7. The van der Waals surface area contributed by atoms with Crippen LogP contribution in [0.2, 0.25) is 0 Å². The Morgan fingerprint density at radius 1 is 1.00 bits per heavy atom. The summed E-state index contributed by atoms with van der Waals surface area (Å²) in [7, 11) is 0. The maximum absolute atomic E-state index is 12.8. The standard InChI is InChI=1S/C17H13ClN2O2/c1-2-20(11-7-9-19-10-8-11)15-14(18)16(21)12-5-3-4-6-13(12)17(15)22/h3-10H,2H2,1H3. The molecular formula is C17H13ClN2O2. The first kappa shape index (κ1) is 14.5. The van der Waals surface area contributed by atoms with Crippen molar-refractivity contribution < 1.29 is 9.59 Å². The second-order valence-corrected chi connectivity index (χ2v) is 5.19. The average molecular weight is 313 g/mol. The lowest BCUT2D eigenvalue weighted by molar-refractivity contribution is 0.0978. The SMILES string of the molecule is CCN(C1=C(Cl)C(=O)c2ccccc2C1=O)c1ccncc1. The van der Waals surface area contributed by atoms with Crippen LogP contribution < -0.4 is 4.90 Å². The van der Waals surface area contributed by atoms with Crippen LogP contribution in [0, 0.1) is 0 Å². The first-order chi connectivity index (χ1) is 10.6. The molecule has 0 amide bonds. The summed E-state index contributed by atoms with van der Waals surface area (Å²) in [4.78, 5) is 30.9. The lowest BCUT2D eigenvalue weighted by Gasteiger charge is -2.28. The molecule has 22 heavy (non-hydrogen) atoms. The van der Waals surface area contributed by atoms with Crippen LogP contribution in [0.4, 0.5) is 5.69 Å². The van der Waals surface area contributed by atoms with E-state index in [0.29, 0.717) is 17.7 Å². The molecule has 1 aromatic carbocycles. The van der Waals surface area contributed by atoms with Crippen LogP contribution in [0.25, 0.3) is 0 Å². The first-order valence-corrected chi connectivity index (χ1v) is 7.28. The maximum Gasteiger partial charge on any atom is 0.211 e. The molecule has 1 aromatic heterocycles. The Kier molecular flexibility index (Phi) is 3.77. The highest BCUT2D eigenvalue weighted by atomic mass is 35.5. The van der Waals surface area contributed by atoms with Crippen molar-refractivity contribution in [3.05, 3.63) is 70.6 Å². The molecule has 2 aromatic rings. The Morgan fingerprint density at radius 3 is 2.18 bits per heavy atom. The number of fused-ring (bicyclic) bond motifs is 1. The minimum atomic E-state index is -0.320. The van der Waals surface area contributed by atoms with Gasteiger partial charge in [-0.25, -0.2) is 0 Å². The highest BCUT2D eigenvalue weighted by molar-refractivity contribution is 6.50. The first-order valence-electron chi connectivity index (χ1n) is 6.91. The zero-order valence-electron chi connectivity index (χ0n) is 11.9. The normalized spacial score (nSPS) is 14.1. The number of nitrogens with zero attached hydrogens (tertiary/aromatic N) is 2. The largest absolute Gasteiger partial charge is 0.337 e. The number of carbonyl (C=O) groups excluding carboxylic acids is 2. The van der Waals surface area contributed by atoms with Crippen LogP contribution in [0.15, 0.2) is 59.5 Å². The van der Waals surface area contributed by atoms with Crippen LogP contribution in [0.5, 0.6) is 0 Å². The summed E-state index contributed by atoms with van der Waals surface area (Å²) in [6.45, 7) is 2.41. The van der Waals surface area contributed by atoms with Gasteiger partial charge in [0, 0.05) is 35.8 Å². The van der Waals surface area contributed by atoms with Crippen LogP contribution in [-0.4, -0.2) is 23.1 Å². The van der Waals surface area contributed by atoms with Gasteiger partial charge in [0.25, 0.3) is 0 Å². The number of hydrogen-bond acceptors (Lipinski definition) is 4. The van der Waals surface area contributed by atoms with E-state index < -0.39 is 0 Å². The van der Waals surface area contributed by atoms with E-state index in [1.54, 1.807) is 53.7 Å². The second kappa shape index (κ2) is 5.73. The molecule has 0 spiro atoms. The number of halogens is 1. The van der Waals surface area contributed by atoms with Crippen LogP contribution in [-0.2, 0) is 0 Å². The minimum absolute atomic E-state index is 0.0395. The predicted molar refractivity (Wildman–Crippen MR) is 85.2 cm³/mol. The van der Waals surface area contributed by atoms with Gasteiger partial charge in [0.2, 0.25) is 11.6 Å². The lowest BCUT2D eigenvalue weighted by Crippen LogP contribution is -2.33. The molecule has 0 saturated heterocycles. The molecule has 5 heteroatoms. The van der Waals surface area contributed by atoms with E-state index >= 15 is 0 Å². The van der Waals surface area contributed by atoms with Gasteiger partial charge in [0.1, 0.15) is 10.7 Å². The maximum atomic E-state index is 12.8. The topological polar surface area (TPSA) is 50.3 Å². The molecule has 3 rings (SSSR count). The average Bonchev–Trinajstić information content (AvgIpc) is 2.57. The van der Waals surface area contributed by atoms with Crippen molar-refractivity contribution in [1.82, 2.24) is 4.98 Å². The second-order valence-electron chi connectivity index (χ2n) is 4.82. The van der Waals surface area contributed by atoms with Crippen molar-refractivity contribution in [2.45, 2.75) is 6.92 Å². The Bertz CT molecular complexity index is 784. The van der Waals surface area contributed by atoms with E-state index in [4.69, 9.17) is 11.6 Å². The molecule has 1 aliphatic rings. The van der Waals surface area contributed by atoms with Crippen molar-refractivity contribution in [3.8, 4) is 0 Å². The Balaban J connectivity index is 2.16. The molecule has 0 unspecified atom stereocenters. The number of rotatable bonds is 3. The summed E-state index contributed by atoms with van der Waals surface area (Å²) in [5.74, 6) is -0.557. The number of allylic oxidation sites excluding steroid dienone is 2. The van der Waals surface area contributed by atoms with Gasteiger partial charge < -0.3 is 4.90 Å². The molecular weight excluding hydrogens is 300 g/mol. The van der Waals surface area contributed by atoms with Crippen LogP contribution in [0.3, 0.4) is 0 Å². The Morgan fingerprint density at radius 2 is 1.59 bits per heavy atom. The molecule has 4 nitrogen and oxygen atoms in total. The zero-order valence-corrected chi connectivity index (χ0v) is 12.7. The number of anilines is 1. The number of carbonyl (C=O) groups is 2. The van der Waals surface area contributed by atoms with Crippen molar-refractivity contribution in [1.29, 1.82) is 0 Å². The van der Waals surface area contributed by atoms with E-state index in [0.717, 1.165) is 5.69 Å². The quantitative estimate of drug-likeness (QED) is 0.871. The fraction of sp³-hybridized carbons (Fsp3) is 0.118. The number of hydrogen-bond donors (Lipinski definition) is 0. The number of benzene rings is 1. The third-order valence-electron chi connectivity index (χ3n) is 3.60. The van der Waals surface area contributed by atoms with Gasteiger partial charge in [-0.1, -0.05) is 35.9 Å². The fourth-order valence-electron chi connectivity index (χ4n) is 2.57. The molecule has 1 aliphatic carbocycles. The smallest absolute Gasteiger partial charge is 0.211 e. The highest BCUT2D eigenvalue weighted by Gasteiger charge is 2.34. The van der Waals surface area contributed by atoms with Crippen molar-refractivity contribution in [2.24, 2.45) is 0 Å². The number of ketones is 2. The molecule has 0 saturated carbocycles. The van der Waals surface area contributed by atoms with Gasteiger partial charge in [-0.15, -0.1) is 0 Å². The molecule has 0 N–H and O–H groups in total. The molecule has 0 radical (unpaired) electrons. The summed E-state index contributed by atoms with van der Waals surface area (Å²) in [6, 6.07) is 10.3. The van der Waals surface area contributed by atoms with E-state index in [1.807, 2.05) is 6.92 Å². The molecule has 0 aliphatic heterocycles. The van der Waals surface area contributed by atoms with Gasteiger partial charge in [0.05, 0.1) is 0 Å². The van der Waals surface area contributed by atoms with Gasteiger partial charge in [0.15, 0.2) is 0 Å². The summed E-state index contributed by atoms with van der Waals surface area (Å²) in [6.07, 6.45) is 3.27. The number of pyridine rings is 1. The van der Waals surface area contributed by atoms with Gasteiger partial charge in [-0.05, 0) is 19.1 Å². The summed E-state index contributed by atoms with van der Waals surface area (Å²) in [5, 5.41) is -0.0395. The van der Waals surface area contributed by atoms with Crippen LogP contribution >= 0.6 is 11.6 Å². The van der Waals surface area contributed by atoms with E-state index in [9.17, 15) is 9.59 Å². The van der Waals surface area contributed by atoms with Gasteiger partial charge >= 0.3 is 0 Å². The fourth-order valence-corrected chi connectivity index (χ4v) is 2.86. The molecule has 0 fully saturated rings. The van der Waals surface area contributed by atoms with Crippen molar-refractivity contribution in [3.63, 3.8) is 0 Å².